The van der Waals surface area contributed by atoms with Gasteiger partial charge in [-0.1, -0.05) is 13.8 Å². The molecule has 1 heterocycles. The van der Waals surface area contributed by atoms with Gasteiger partial charge in [-0.25, -0.2) is 0 Å². The van der Waals surface area contributed by atoms with Crippen LogP contribution in [0.3, 0.4) is 0 Å². The van der Waals surface area contributed by atoms with E-state index in [-0.39, 0.29) is 42.6 Å². The van der Waals surface area contributed by atoms with Crippen molar-refractivity contribution in [1.82, 2.24) is 5.32 Å². The second-order valence-corrected chi connectivity index (χ2v) is 5.06. The van der Waals surface area contributed by atoms with Gasteiger partial charge in [-0.3, -0.25) is 4.79 Å². The third-order valence-electron chi connectivity index (χ3n) is 3.86. The maximum Gasteiger partial charge on any atom is 0.226 e. The van der Waals surface area contributed by atoms with Gasteiger partial charge in [0.1, 0.15) is 0 Å². The molecule has 0 aromatic heterocycles. The second-order valence-electron chi connectivity index (χ2n) is 5.06. The van der Waals surface area contributed by atoms with Crippen molar-refractivity contribution in [3.63, 3.8) is 0 Å². The van der Waals surface area contributed by atoms with Crippen LogP contribution in [0.25, 0.3) is 0 Å². The molecule has 1 fully saturated rings. The molecular formula is C13H25NO3. The number of ether oxygens (including phenoxy) is 1. The lowest BCUT2D eigenvalue weighted by atomic mass is 9.88. The van der Waals surface area contributed by atoms with Crippen molar-refractivity contribution >= 4 is 5.91 Å². The number of nitrogens with one attached hydrogen (secondary N) is 1. The summed E-state index contributed by atoms with van der Waals surface area (Å²) in [5.41, 5.74) is 0. The predicted octanol–water partition coefficient (Wildman–Crippen LogP) is 1.32. The molecule has 0 saturated carbocycles. The van der Waals surface area contributed by atoms with Crippen molar-refractivity contribution < 1.29 is 14.6 Å². The van der Waals surface area contributed by atoms with Crippen molar-refractivity contribution in [2.45, 2.75) is 58.8 Å². The molecule has 1 rings (SSSR count). The van der Waals surface area contributed by atoms with Crippen LogP contribution in [-0.4, -0.2) is 35.9 Å². The van der Waals surface area contributed by atoms with Gasteiger partial charge < -0.3 is 15.2 Å². The minimum absolute atomic E-state index is 0.0216. The monoisotopic (exact) mass is 243 g/mol. The number of hydrogen-bond donors (Lipinski definition) is 2. The average molecular weight is 243 g/mol. The Morgan fingerprint density at radius 1 is 1.35 bits per heavy atom. The molecule has 0 aromatic carbocycles. The standard InChI is InChI=1S/C13H25NO3/c1-5-11(6-7-15)14-13(16)12-8(2)9(3)17-10(12)4/h8-12,15H,5-7H2,1-4H3,(H,14,16). The fourth-order valence-corrected chi connectivity index (χ4v) is 2.55. The highest BCUT2D eigenvalue weighted by molar-refractivity contribution is 5.80. The summed E-state index contributed by atoms with van der Waals surface area (Å²) in [6.45, 7) is 8.16. The molecule has 4 nitrogen and oxygen atoms in total. The first-order valence-electron chi connectivity index (χ1n) is 6.57. The summed E-state index contributed by atoms with van der Waals surface area (Å²) in [5.74, 6) is 0.240. The average Bonchev–Trinajstić information content (AvgIpc) is 2.52. The van der Waals surface area contributed by atoms with Crippen molar-refractivity contribution in [3.8, 4) is 0 Å². The van der Waals surface area contributed by atoms with E-state index in [1.54, 1.807) is 0 Å². The molecule has 5 unspecified atom stereocenters. The van der Waals surface area contributed by atoms with Gasteiger partial charge in [-0.15, -0.1) is 0 Å². The number of hydrogen-bond acceptors (Lipinski definition) is 3. The number of amides is 1. The summed E-state index contributed by atoms with van der Waals surface area (Å²) in [4.78, 5) is 12.2. The minimum atomic E-state index is -0.0715. The van der Waals surface area contributed by atoms with Crippen LogP contribution in [0, 0.1) is 11.8 Å². The van der Waals surface area contributed by atoms with Gasteiger partial charge in [0.15, 0.2) is 0 Å². The van der Waals surface area contributed by atoms with Crippen molar-refractivity contribution in [2.24, 2.45) is 11.8 Å². The Morgan fingerprint density at radius 2 is 2.00 bits per heavy atom. The van der Waals surface area contributed by atoms with Gasteiger partial charge in [0.05, 0.1) is 18.1 Å². The van der Waals surface area contributed by atoms with E-state index in [1.807, 2.05) is 20.8 Å². The number of aliphatic hydroxyl groups is 1. The highest BCUT2D eigenvalue weighted by Gasteiger charge is 2.41. The van der Waals surface area contributed by atoms with Crippen LogP contribution in [0.15, 0.2) is 0 Å². The molecule has 1 amide bonds. The summed E-state index contributed by atoms with van der Waals surface area (Å²) in [6.07, 6.45) is 1.58. The van der Waals surface area contributed by atoms with E-state index in [2.05, 4.69) is 12.2 Å². The lowest BCUT2D eigenvalue weighted by molar-refractivity contribution is -0.128. The fraction of sp³-hybridized carbons (Fsp3) is 0.923. The van der Waals surface area contributed by atoms with Gasteiger partial charge in [0, 0.05) is 12.6 Å². The van der Waals surface area contributed by atoms with Crippen LogP contribution < -0.4 is 5.32 Å². The Balaban J connectivity index is 2.57. The van der Waals surface area contributed by atoms with E-state index >= 15 is 0 Å². The van der Waals surface area contributed by atoms with Crippen LogP contribution in [0.1, 0.15) is 40.5 Å². The summed E-state index contributed by atoms with van der Waals surface area (Å²) < 4.78 is 5.67. The zero-order valence-electron chi connectivity index (χ0n) is 11.3. The molecule has 0 radical (unpaired) electrons. The zero-order chi connectivity index (χ0) is 13.0. The molecule has 1 saturated heterocycles. The normalized spacial score (nSPS) is 34.6. The van der Waals surface area contributed by atoms with Crippen molar-refractivity contribution in [2.75, 3.05) is 6.61 Å². The third-order valence-corrected chi connectivity index (χ3v) is 3.86. The van der Waals surface area contributed by atoms with Crippen LogP contribution in [0.5, 0.6) is 0 Å². The first kappa shape index (κ1) is 14.5. The topological polar surface area (TPSA) is 58.6 Å². The highest BCUT2D eigenvalue weighted by atomic mass is 16.5. The molecule has 1 aliphatic heterocycles. The number of carbonyl (C=O) groups is 1. The fourth-order valence-electron chi connectivity index (χ4n) is 2.55. The number of aliphatic hydroxyl groups excluding tert-OH is 1. The molecule has 5 atom stereocenters. The third kappa shape index (κ3) is 3.42. The highest BCUT2D eigenvalue weighted by Crippen LogP contribution is 2.32. The predicted molar refractivity (Wildman–Crippen MR) is 66.6 cm³/mol. The first-order valence-corrected chi connectivity index (χ1v) is 6.57. The molecule has 2 N–H and O–H groups in total. The molecule has 100 valence electrons. The molecule has 17 heavy (non-hydrogen) atoms. The van der Waals surface area contributed by atoms with Gasteiger partial charge in [-0.05, 0) is 32.6 Å². The Morgan fingerprint density at radius 3 is 2.41 bits per heavy atom. The summed E-state index contributed by atoms with van der Waals surface area (Å²) in [7, 11) is 0. The summed E-state index contributed by atoms with van der Waals surface area (Å²) in [5, 5.41) is 11.9. The largest absolute Gasteiger partial charge is 0.396 e. The maximum atomic E-state index is 12.2. The second kappa shape index (κ2) is 6.36. The molecule has 1 aliphatic rings. The Kier molecular flexibility index (Phi) is 5.40. The van der Waals surface area contributed by atoms with E-state index < -0.39 is 0 Å². The maximum absolute atomic E-state index is 12.2. The summed E-state index contributed by atoms with van der Waals surface area (Å²) >= 11 is 0. The van der Waals surface area contributed by atoms with Crippen molar-refractivity contribution in [1.29, 1.82) is 0 Å². The van der Waals surface area contributed by atoms with Crippen LogP contribution in [-0.2, 0) is 9.53 Å². The van der Waals surface area contributed by atoms with Gasteiger partial charge in [-0.2, -0.15) is 0 Å². The molecule has 0 aromatic rings. The van der Waals surface area contributed by atoms with E-state index in [0.717, 1.165) is 6.42 Å². The lowest BCUT2D eigenvalue weighted by Crippen LogP contribution is -2.43. The molecule has 0 spiro atoms. The van der Waals surface area contributed by atoms with E-state index in [1.165, 1.54) is 0 Å². The molecule has 0 aliphatic carbocycles. The Bertz CT molecular complexity index is 257. The quantitative estimate of drug-likeness (QED) is 0.765. The molecular weight excluding hydrogens is 218 g/mol. The Hall–Kier alpha value is -0.610. The van der Waals surface area contributed by atoms with E-state index in [0.29, 0.717) is 6.42 Å². The van der Waals surface area contributed by atoms with Crippen LogP contribution in [0.2, 0.25) is 0 Å². The molecule has 0 bridgehead atoms. The van der Waals surface area contributed by atoms with Gasteiger partial charge >= 0.3 is 0 Å². The zero-order valence-corrected chi connectivity index (χ0v) is 11.3. The van der Waals surface area contributed by atoms with Crippen molar-refractivity contribution in [3.05, 3.63) is 0 Å². The van der Waals surface area contributed by atoms with Gasteiger partial charge in [0.2, 0.25) is 5.91 Å². The summed E-state index contributed by atoms with van der Waals surface area (Å²) in [6, 6.07) is 0.0720. The Labute approximate surface area is 104 Å². The van der Waals surface area contributed by atoms with E-state index in [4.69, 9.17) is 9.84 Å². The minimum Gasteiger partial charge on any atom is -0.396 e. The SMILES string of the molecule is CCC(CCO)NC(=O)C1C(C)OC(C)C1C. The first-order chi connectivity index (χ1) is 8.01. The lowest BCUT2D eigenvalue weighted by Gasteiger charge is -2.22. The number of carbonyl (C=O) groups excluding carboxylic acids is 1. The van der Waals surface area contributed by atoms with Crippen LogP contribution >= 0.6 is 0 Å². The van der Waals surface area contributed by atoms with E-state index in [9.17, 15) is 4.79 Å². The molecule has 4 heteroatoms. The van der Waals surface area contributed by atoms with Crippen LogP contribution in [0.4, 0.5) is 0 Å². The number of rotatable bonds is 5. The van der Waals surface area contributed by atoms with Gasteiger partial charge in [0.25, 0.3) is 0 Å². The smallest absolute Gasteiger partial charge is 0.226 e.